The van der Waals surface area contributed by atoms with Crippen LogP contribution < -0.4 is 5.32 Å². The van der Waals surface area contributed by atoms with Crippen molar-refractivity contribution in [1.29, 1.82) is 0 Å². The van der Waals surface area contributed by atoms with Gasteiger partial charge >= 0.3 is 7.60 Å². The molecule has 0 saturated heterocycles. The molecule has 5 nitrogen and oxygen atoms in total. The van der Waals surface area contributed by atoms with Gasteiger partial charge in [-0.1, -0.05) is 26.7 Å². The van der Waals surface area contributed by atoms with Crippen molar-refractivity contribution in [2.75, 3.05) is 6.16 Å². The average molecular weight is 239 g/mol. The van der Waals surface area contributed by atoms with E-state index in [2.05, 4.69) is 19.2 Å². The molecule has 0 saturated carbocycles. The molecule has 0 spiro atoms. The van der Waals surface area contributed by atoms with Crippen molar-refractivity contribution in [2.24, 2.45) is 0 Å². The van der Waals surface area contributed by atoms with E-state index in [0.29, 0.717) is 0 Å². The zero-order valence-corrected chi connectivity index (χ0v) is 10.8. The van der Waals surface area contributed by atoms with Gasteiger partial charge in [-0.2, -0.15) is 0 Å². The Kier molecular flexibility index (Phi) is 10.1. The molecule has 1 amide bonds. The van der Waals surface area contributed by atoms with E-state index in [1.807, 2.05) is 0 Å². The second kappa shape index (κ2) is 8.89. The van der Waals surface area contributed by atoms with Crippen molar-refractivity contribution in [2.45, 2.75) is 46.6 Å². The summed E-state index contributed by atoms with van der Waals surface area (Å²) < 4.78 is 10.3. The minimum Gasteiger partial charge on any atom is -0.353 e. The number of amides is 1. The first-order valence-electron chi connectivity index (χ1n) is 5.06. The standard InChI is InChI=1S/C5H12NO4P.C4H10/c1-4(2)6-5(7)3-11(8,9)10;1-3-4-2/h4H,3H2,1-2H3,(H,6,7)(H2,8,9,10);3-4H2,1-2H3. The predicted octanol–water partition coefficient (Wildman–Crippen LogP) is 1.50. The third kappa shape index (κ3) is 19.9. The summed E-state index contributed by atoms with van der Waals surface area (Å²) in [5, 5.41) is 2.37. The summed E-state index contributed by atoms with van der Waals surface area (Å²) in [6.45, 7) is 7.80. The molecule has 0 atom stereocenters. The molecule has 0 rings (SSSR count). The van der Waals surface area contributed by atoms with Crippen molar-refractivity contribution in [1.82, 2.24) is 5.32 Å². The lowest BCUT2D eigenvalue weighted by Gasteiger charge is -2.08. The van der Waals surface area contributed by atoms with Gasteiger partial charge in [-0.3, -0.25) is 9.36 Å². The largest absolute Gasteiger partial charge is 0.353 e. The Bertz CT molecular complexity index is 210. The Labute approximate surface area is 91.4 Å². The van der Waals surface area contributed by atoms with Gasteiger partial charge in [-0.05, 0) is 13.8 Å². The third-order valence-corrected chi connectivity index (χ3v) is 2.00. The molecule has 0 aliphatic carbocycles. The van der Waals surface area contributed by atoms with Crippen molar-refractivity contribution < 1.29 is 19.1 Å². The quantitative estimate of drug-likeness (QED) is 0.649. The highest BCUT2D eigenvalue weighted by Gasteiger charge is 2.18. The lowest BCUT2D eigenvalue weighted by atomic mass is 10.4. The Hall–Kier alpha value is -0.380. The van der Waals surface area contributed by atoms with E-state index in [1.54, 1.807) is 13.8 Å². The lowest BCUT2D eigenvalue weighted by molar-refractivity contribution is -0.119. The highest BCUT2D eigenvalue weighted by Crippen LogP contribution is 2.33. The van der Waals surface area contributed by atoms with Gasteiger partial charge in [0.1, 0.15) is 6.16 Å². The highest BCUT2D eigenvalue weighted by atomic mass is 31.2. The van der Waals surface area contributed by atoms with Crippen LogP contribution >= 0.6 is 7.60 Å². The molecule has 0 aromatic carbocycles. The number of carbonyl (C=O) groups excluding carboxylic acids is 1. The normalized spacial score (nSPS) is 10.6. The Morgan fingerprint density at radius 1 is 1.27 bits per heavy atom. The Morgan fingerprint density at radius 2 is 1.67 bits per heavy atom. The molecule has 0 fully saturated rings. The first-order chi connectivity index (χ1) is 6.72. The number of unbranched alkanes of at least 4 members (excludes halogenated alkanes) is 1. The van der Waals surface area contributed by atoms with Crippen LogP contribution in [0, 0.1) is 0 Å². The van der Waals surface area contributed by atoms with E-state index >= 15 is 0 Å². The van der Waals surface area contributed by atoms with Crippen LogP contribution in [0.15, 0.2) is 0 Å². The molecule has 6 heteroatoms. The monoisotopic (exact) mass is 239 g/mol. The predicted molar refractivity (Wildman–Crippen MR) is 60.8 cm³/mol. The maximum Gasteiger partial charge on any atom is 0.334 e. The molecule has 0 heterocycles. The first kappa shape index (κ1) is 17.0. The van der Waals surface area contributed by atoms with E-state index in [-0.39, 0.29) is 6.04 Å². The van der Waals surface area contributed by atoms with E-state index in [9.17, 15) is 9.36 Å². The summed E-state index contributed by atoms with van der Waals surface area (Å²) >= 11 is 0. The van der Waals surface area contributed by atoms with Gasteiger partial charge in [0.2, 0.25) is 5.91 Å². The van der Waals surface area contributed by atoms with E-state index in [0.717, 1.165) is 0 Å². The molecule has 0 aliphatic rings. The first-order valence-corrected chi connectivity index (χ1v) is 6.86. The molecule has 0 bridgehead atoms. The lowest BCUT2D eigenvalue weighted by Crippen LogP contribution is -2.32. The summed E-state index contributed by atoms with van der Waals surface area (Å²) in [4.78, 5) is 27.4. The van der Waals surface area contributed by atoms with Crippen LogP contribution in [0.25, 0.3) is 0 Å². The maximum atomic E-state index is 10.7. The van der Waals surface area contributed by atoms with Gasteiger partial charge < -0.3 is 15.1 Å². The van der Waals surface area contributed by atoms with Crippen molar-refractivity contribution >= 4 is 13.5 Å². The number of rotatable bonds is 4. The molecule has 0 aliphatic heterocycles. The number of nitrogens with one attached hydrogen (secondary N) is 1. The summed E-state index contributed by atoms with van der Waals surface area (Å²) in [5.41, 5.74) is 0. The minimum atomic E-state index is -4.19. The fourth-order valence-electron chi connectivity index (χ4n) is 0.555. The summed E-state index contributed by atoms with van der Waals surface area (Å²) in [5.74, 6) is -0.617. The SMILES string of the molecule is CC(C)NC(=O)CP(=O)(O)O.CCCC. The molecular formula is C9H22NO4P. The Morgan fingerprint density at radius 3 is 1.87 bits per heavy atom. The summed E-state index contributed by atoms with van der Waals surface area (Å²) in [6, 6.07) is -0.0888. The molecule has 92 valence electrons. The van der Waals surface area contributed by atoms with Gasteiger partial charge in [0.25, 0.3) is 0 Å². The second-order valence-electron chi connectivity index (χ2n) is 3.55. The van der Waals surface area contributed by atoms with Gasteiger partial charge in [0.05, 0.1) is 0 Å². The highest BCUT2D eigenvalue weighted by molar-refractivity contribution is 7.52. The number of hydrogen-bond acceptors (Lipinski definition) is 2. The molecule has 0 unspecified atom stereocenters. The van der Waals surface area contributed by atoms with E-state index < -0.39 is 19.7 Å². The fraction of sp³-hybridized carbons (Fsp3) is 0.889. The van der Waals surface area contributed by atoms with Crippen LogP contribution in [-0.4, -0.2) is 27.9 Å². The molecule has 0 aromatic heterocycles. The topological polar surface area (TPSA) is 86.6 Å². The molecular weight excluding hydrogens is 217 g/mol. The van der Waals surface area contributed by atoms with Crippen LogP contribution in [-0.2, 0) is 9.36 Å². The van der Waals surface area contributed by atoms with E-state index in [4.69, 9.17) is 9.79 Å². The zero-order chi connectivity index (χ0) is 12.5. The van der Waals surface area contributed by atoms with Crippen LogP contribution in [0.1, 0.15) is 40.5 Å². The van der Waals surface area contributed by atoms with E-state index in [1.165, 1.54) is 12.8 Å². The van der Waals surface area contributed by atoms with Crippen molar-refractivity contribution in [3.63, 3.8) is 0 Å². The molecule has 0 radical (unpaired) electrons. The zero-order valence-electron chi connectivity index (χ0n) is 9.86. The fourth-order valence-corrected chi connectivity index (χ4v) is 1.02. The summed E-state index contributed by atoms with van der Waals surface area (Å²) in [7, 11) is -4.19. The third-order valence-electron chi connectivity index (χ3n) is 1.30. The number of hydrogen-bond donors (Lipinski definition) is 3. The molecule has 3 N–H and O–H groups in total. The van der Waals surface area contributed by atoms with Gasteiger partial charge in [0.15, 0.2) is 0 Å². The van der Waals surface area contributed by atoms with Gasteiger partial charge in [-0.25, -0.2) is 0 Å². The van der Waals surface area contributed by atoms with Crippen LogP contribution in [0.4, 0.5) is 0 Å². The van der Waals surface area contributed by atoms with Gasteiger partial charge in [0, 0.05) is 6.04 Å². The smallest absolute Gasteiger partial charge is 0.334 e. The Balaban J connectivity index is 0. The van der Waals surface area contributed by atoms with Gasteiger partial charge in [-0.15, -0.1) is 0 Å². The minimum absolute atomic E-state index is 0.0888. The number of carbonyl (C=O) groups is 1. The van der Waals surface area contributed by atoms with Crippen molar-refractivity contribution in [3.05, 3.63) is 0 Å². The maximum absolute atomic E-state index is 10.7. The van der Waals surface area contributed by atoms with Crippen LogP contribution in [0.5, 0.6) is 0 Å². The average Bonchev–Trinajstić information content (AvgIpc) is 1.99. The van der Waals surface area contributed by atoms with Crippen LogP contribution in [0.2, 0.25) is 0 Å². The second-order valence-corrected chi connectivity index (χ2v) is 5.19. The van der Waals surface area contributed by atoms with Crippen LogP contribution in [0.3, 0.4) is 0 Å². The molecule has 15 heavy (non-hydrogen) atoms. The molecule has 0 aromatic rings. The van der Waals surface area contributed by atoms with Crippen molar-refractivity contribution in [3.8, 4) is 0 Å². The summed E-state index contributed by atoms with van der Waals surface area (Å²) in [6.07, 6.45) is 1.91.